The number of aliphatic carboxylic acids is 1. The van der Waals surface area contributed by atoms with Gasteiger partial charge < -0.3 is 10.2 Å². The molecule has 0 amide bonds. The molecule has 112 valence electrons. The fourth-order valence-electron chi connectivity index (χ4n) is 1.95. The zero-order valence-electron chi connectivity index (χ0n) is 11.2. The second kappa shape index (κ2) is 4.83. The van der Waals surface area contributed by atoms with Gasteiger partial charge >= 0.3 is 5.97 Å². The van der Waals surface area contributed by atoms with Crippen LogP contribution in [0.25, 0.3) is 0 Å². The van der Waals surface area contributed by atoms with Gasteiger partial charge in [-0.25, -0.2) is 8.42 Å². The van der Waals surface area contributed by atoms with E-state index in [9.17, 15) is 18.3 Å². The third-order valence-corrected chi connectivity index (χ3v) is 5.26. The molecule has 20 heavy (non-hydrogen) atoms. The molecule has 1 aromatic rings. The molecule has 0 atom stereocenters. The van der Waals surface area contributed by atoms with Gasteiger partial charge in [0, 0.05) is 19.3 Å². The number of aliphatic hydroxyl groups is 1. The van der Waals surface area contributed by atoms with Gasteiger partial charge in [0.2, 0.25) is 10.0 Å². The van der Waals surface area contributed by atoms with Gasteiger partial charge in [0.1, 0.15) is 11.4 Å². The predicted molar refractivity (Wildman–Crippen MR) is 68.4 cm³/mol. The maximum absolute atomic E-state index is 12.2. The van der Waals surface area contributed by atoms with E-state index in [1.165, 1.54) is 6.20 Å². The summed E-state index contributed by atoms with van der Waals surface area (Å²) in [5.74, 6) is -1.14. The van der Waals surface area contributed by atoms with Crippen LogP contribution in [0, 0.1) is 5.92 Å². The molecule has 0 spiro atoms. The number of β-amino-alcohol motifs (C(OH)–C–C–N with tert-alkyl or cyclic N) is 1. The number of hydrogen-bond donors (Lipinski definition) is 2. The first-order valence-electron chi connectivity index (χ1n) is 6.12. The molecule has 1 aromatic heterocycles. The summed E-state index contributed by atoms with van der Waals surface area (Å²) in [4.78, 5) is 10.5. The van der Waals surface area contributed by atoms with Crippen LogP contribution >= 0.6 is 0 Å². The molecule has 2 rings (SSSR count). The van der Waals surface area contributed by atoms with Crippen molar-refractivity contribution in [2.45, 2.75) is 30.9 Å². The summed E-state index contributed by atoms with van der Waals surface area (Å²) in [6.45, 7) is 3.34. The normalized spacial score (nSPS) is 19.0. The fraction of sp³-hybridized carbons (Fsp3) is 0.636. The van der Waals surface area contributed by atoms with Gasteiger partial charge in [-0.15, -0.1) is 0 Å². The Balaban J connectivity index is 2.13. The summed E-state index contributed by atoms with van der Waals surface area (Å²) >= 11 is 0. The van der Waals surface area contributed by atoms with E-state index in [0.717, 1.165) is 15.2 Å². The van der Waals surface area contributed by atoms with Gasteiger partial charge in [-0.2, -0.15) is 9.40 Å². The lowest BCUT2D eigenvalue weighted by molar-refractivity contribution is -0.137. The molecule has 1 fully saturated rings. The van der Waals surface area contributed by atoms with Crippen molar-refractivity contribution in [2.24, 2.45) is 5.92 Å². The van der Waals surface area contributed by atoms with Crippen molar-refractivity contribution < 1.29 is 23.4 Å². The van der Waals surface area contributed by atoms with E-state index in [1.54, 1.807) is 0 Å². The van der Waals surface area contributed by atoms with Crippen LogP contribution in [0.5, 0.6) is 0 Å². The van der Waals surface area contributed by atoms with Crippen molar-refractivity contribution in [3.05, 3.63) is 12.4 Å². The van der Waals surface area contributed by atoms with Gasteiger partial charge in [0.05, 0.1) is 11.8 Å². The van der Waals surface area contributed by atoms with E-state index in [2.05, 4.69) is 5.10 Å². The first kappa shape index (κ1) is 14.9. The van der Waals surface area contributed by atoms with Gasteiger partial charge in [0.25, 0.3) is 0 Å². The highest BCUT2D eigenvalue weighted by molar-refractivity contribution is 7.89. The zero-order valence-corrected chi connectivity index (χ0v) is 12.0. The van der Waals surface area contributed by atoms with E-state index in [0.29, 0.717) is 0 Å². The molecule has 1 aliphatic heterocycles. The highest BCUT2D eigenvalue weighted by atomic mass is 32.2. The fourth-order valence-corrected chi connectivity index (χ4v) is 3.47. The maximum Gasteiger partial charge on any atom is 0.325 e. The van der Waals surface area contributed by atoms with E-state index < -0.39 is 28.1 Å². The Hall–Kier alpha value is -1.45. The quantitative estimate of drug-likeness (QED) is 0.748. The van der Waals surface area contributed by atoms with Crippen molar-refractivity contribution in [2.75, 3.05) is 13.1 Å². The van der Waals surface area contributed by atoms with Crippen LogP contribution in [0.3, 0.4) is 0 Å². The van der Waals surface area contributed by atoms with Crippen LogP contribution < -0.4 is 0 Å². The Morgan fingerprint density at radius 1 is 1.50 bits per heavy atom. The highest BCUT2D eigenvalue weighted by Gasteiger charge is 2.49. The summed E-state index contributed by atoms with van der Waals surface area (Å²) in [5.41, 5.74) is -0.996. The minimum absolute atomic E-state index is 0.0383. The number of carboxylic acid groups (broad SMARTS) is 1. The minimum Gasteiger partial charge on any atom is -0.480 e. The molecule has 1 saturated heterocycles. The highest BCUT2D eigenvalue weighted by Crippen LogP contribution is 2.32. The standard InChI is InChI=1S/C11H17N3O5S/c1-8(2)11(17)6-14(7-11)20(18,19)9-3-12-13(4-9)5-10(15)16/h3-4,8,17H,5-7H2,1-2H3,(H,15,16). The van der Waals surface area contributed by atoms with Crippen LogP contribution in [0.4, 0.5) is 0 Å². The Morgan fingerprint density at radius 2 is 2.10 bits per heavy atom. The van der Waals surface area contributed by atoms with E-state index in [4.69, 9.17) is 5.11 Å². The van der Waals surface area contributed by atoms with E-state index >= 15 is 0 Å². The van der Waals surface area contributed by atoms with Crippen molar-refractivity contribution in [3.8, 4) is 0 Å². The van der Waals surface area contributed by atoms with Gasteiger partial charge in [0.15, 0.2) is 0 Å². The second-order valence-corrected chi connectivity index (χ2v) is 7.24. The number of carbonyl (C=O) groups is 1. The number of sulfonamides is 1. The van der Waals surface area contributed by atoms with Gasteiger partial charge in [-0.05, 0) is 5.92 Å². The average molecular weight is 303 g/mol. The lowest BCUT2D eigenvalue weighted by Gasteiger charge is -2.47. The van der Waals surface area contributed by atoms with E-state index in [-0.39, 0.29) is 23.9 Å². The Morgan fingerprint density at radius 3 is 2.60 bits per heavy atom. The Labute approximate surface area is 116 Å². The third kappa shape index (κ3) is 2.56. The van der Waals surface area contributed by atoms with Crippen molar-refractivity contribution in [1.82, 2.24) is 14.1 Å². The van der Waals surface area contributed by atoms with Crippen LogP contribution in [-0.2, 0) is 21.4 Å². The minimum atomic E-state index is -3.72. The third-order valence-electron chi connectivity index (χ3n) is 3.52. The number of rotatable bonds is 5. The Bertz CT molecular complexity index is 616. The smallest absolute Gasteiger partial charge is 0.325 e. The SMILES string of the molecule is CC(C)C1(O)CN(S(=O)(=O)c2cnn(CC(=O)O)c2)C1. The summed E-state index contributed by atoms with van der Waals surface area (Å²) in [6.07, 6.45) is 2.29. The molecule has 0 bridgehead atoms. The van der Waals surface area contributed by atoms with Crippen LogP contribution in [0.15, 0.2) is 17.3 Å². The molecule has 0 radical (unpaired) electrons. The molecule has 9 heteroatoms. The monoisotopic (exact) mass is 303 g/mol. The molecule has 1 aliphatic rings. The van der Waals surface area contributed by atoms with Gasteiger partial charge in [-0.3, -0.25) is 9.48 Å². The van der Waals surface area contributed by atoms with Crippen molar-refractivity contribution in [3.63, 3.8) is 0 Å². The van der Waals surface area contributed by atoms with Crippen LogP contribution in [0.2, 0.25) is 0 Å². The Kier molecular flexibility index (Phi) is 3.61. The summed E-state index contributed by atoms with van der Waals surface area (Å²) in [5, 5.41) is 22.4. The lowest BCUT2D eigenvalue weighted by Crippen LogP contribution is -2.65. The van der Waals surface area contributed by atoms with Crippen LogP contribution in [-0.4, -0.2) is 57.4 Å². The molecule has 0 aliphatic carbocycles. The van der Waals surface area contributed by atoms with Gasteiger partial charge in [-0.1, -0.05) is 13.8 Å². The number of carboxylic acids is 1. The molecular weight excluding hydrogens is 286 g/mol. The topological polar surface area (TPSA) is 113 Å². The van der Waals surface area contributed by atoms with E-state index in [1.807, 2.05) is 13.8 Å². The first-order valence-corrected chi connectivity index (χ1v) is 7.56. The largest absolute Gasteiger partial charge is 0.480 e. The van der Waals surface area contributed by atoms with Crippen LogP contribution in [0.1, 0.15) is 13.8 Å². The molecule has 2 N–H and O–H groups in total. The zero-order chi connectivity index (χ0) is 15.1. The summed E-state index contributed by atoms with van der Waals surface area (Å²) in [6, 6.07) is 0. The molecular formula is C11H17N3O5S. The number of nitrogens with zero attached hydrogens (tertiary/aromatic N) is 3. The van der Waals surface area contributed by atoms with Crippen molar-refractivity contribution >= 4 is 16.0 Å². The predicted octanol–water partition coefficient (Wildman–Crippen LogP) is -0.641. The summed E-state index contributed by atoms with van der Waals surface area (Å²) in [7, 11) is -3.72. The molecule has 2 heterocycles. The number of hydrogen-bond acceptors (Lipinski definition) is 5. The average Bonchev–Trinajstić information content (AvgIpc) is 2.72. The molecule has 0 aromatic carbocycles. The molecule has 8 nitrogen and oxygen atoms in total. The number of aromatic nitrogens is 2. The lowest BCUT2D eigenvalue weighted by atomic mass is 9.85. The molecule has 0 unspecified atom stereocenters. The molecule has 0 saturated carbocycles. The summed E-state index contributed by atoms with van der Waals surface area (Å²) < 4.78 is 26.7. The second-order valence-electron chi connectivity index (χ2n) is 5.30. The maximum atomic E-state index is 12.2. The van der Waals surface area contributed by atoms with Crippen molar-refractivity contribution in [1.29, 1.82) is 0 Å². The first-order chi connectivity index (χ1) is 9.15.